The van der Waals surface area contributed by atoms with Crippen molar-refractivity contribution >= 4 is 52.4 Å². The lowest BCUT2D eigenvalue weighted by Crippen LogP contribution is -2.52. The smallest absolute Gasteiger partial charge is 0.274 e. The number of halogens is 2. The van der Waals surface area contributed by atoms with Gasteiger partial charge in [0.2, 0.25) is 0 Å². The second-order valence-electron chi connectivity index (χ2n) is 8.41. The summed E-state index contributed by atoms with van der Waals surface area (Å²) >= 11 is 12.1. The van der Waals surface area contributed by atoms with Crippen LogP contribution in [-0.4, -0.2) is 45.0 Å². The Hall–Kier alpha value is -3.56. The highest BCUT2D eigenvalue weighted by molar-refractivity contribution is 6.36. The van der Waals surface area contributed by atoms with Gasteiger partial charge in [0.25, 0.3) is 23.4 Å². The number of Topliss-reactive ketones (excluding diaryl/α,β-unsaturated/α-hetero) is 1. The van der Waals surface area contributed by atoms with E-state index < -0.39 is 46.8 Å². The van der Waals surface area contributed by atoms with Crippen LogP contribution >= 0.6 is 23.2 Å². The zero-order valence-corrected chi connectivity index (χ0v) is 20.0. The SMILES string of the molecule is CC1=CC[C@@H]2C(=O)N(N(CC(=O)c3cccc([N+](=O)[O-])c3)C(=O)c3ccc(Cl)cc3Cl)C(=O)[C@H]2C1. The molecule has 0 radical (unpaired) electrons. The highest BCUT2D eigenvalue weighted by atomic mass is 35.5. The van der Waals surface area contributed by atoms with Crippen molar-refractivity contribution in [2.45, 2.75) is 19.8 Å². The van der Waals surface area contributed by atoms with Crippen molar-refractivity contribution in [1.29, 1.82) is 0 Å². The number of carbonyl (C=O) groups excluding carboxylic acids is 4. The molecule has 2 aliphatic rings. The average molecular weight is 516 g/mol. The van der Waals surface area contributed by atoms with Gasteiger partial charge < -0.3 is 0 Å². The molecule has 1 aliphatic carbocycles. The number of imide groups is 1. The number of hydrogen-bond donors (Lipinski definition) is 0. The van der Waals surface area contributed by atoms with E-state index in [0.29, 0.717) is 12.8 Å². The van der Waals surface area contributed by atoms with Gasteiger partial charge in [-0.05, 0) is 38.0 Å². The van der Waals surface area contributed by atoms with Gasteiger partial charge in [-0.25, -0.2) is 5.01 Å². The second-order valence-corrected chi connectivity index (χ2v) is 9.25. The van der Waals surface area contributed by atoms with Gasteiger partial charge in [-0.1, -0.05) is 47.0 Å². The van der Waals surface area contributed by atoms with Crippen molar-refractivity contribution in [2.24, 2.45) is 11.8 Å². The van der Waals surface area contributed by atoms with E-state index in [1.165, 1.54) is 36.4 Å². The van der Waals surface area contributed by atoms with Gasteiger partial charge in [-0.15, -0.1) is 0 Å². The number of hydrazine groups is 1. The normalized spacial score (nSPS) is 19.3. The minimum Gasteiger partial charge on any atom is -0.292 e. The molecule has 2 aromatic rings. The summed E-state index contributed by atoms with van der Waals surface area (Å²) in [5.41, 5.74) is 0.539. The fraction of sp³-hybridized carbons (Fsp3) is 0.250. The lowest BCUT2D eigenvalue weighted by molar-refractivity contribution is -0.384. The van der Waals surface area contributed by atoms with E-state index in [1.54, 1.807) is 0 Å². The van der Waals surface area contributed by atoms with Crippen molar-refractivity contribution in [3.05, 3.63) is 85.4 Å². The van der Waals surface area contributed by atoms with Gasteiger partial charge in [-0.3, -0.25) is 29.3 Å². The molecule has 1 heterocycles. The van der Waals surface area contributed by atoms with Crippen molar-refractivity contribution in [3.8, 4) is 0 Å². The molecule has 0 bridgehead atoms. The van der Waals surface area contributed by atoms with Crippen LogP contribution in [-0.2, 0) is 9.59 Å². The molecule has 3 amide bonds. The van der Waals surface area contributed by atoms with E-state index in [4.69, 9.17) is 23.2 Å². The summed E-state index contributed by atoms with van der Waals surface area (Å²) in [5, 5.41) is 12.9. The first-order valence-corrected chi connectivity index (χ1v) is 11.4. The number of fused-ring (bicyclic) bond motifs is 1. The third-order valence-electron chi connectivity index (χ3n) is 6.11. The molecular weight excluding hydrogens is 497 g/mol. The van der Waals surface area contributed by atoms with Gasteiger partial charge in [0.05, 0.1) is 27.3 Å². The first kappa shape index (κ1) is 24.6. The van der Waals surface area contributed by atoms with Crippen LogP contribution in [0.25, 0.3) is 0 Å². The van der Waals surface area contributed by atoms with Crippen molar-refractivity contribution in [1.82, 2.24) is 10.0 Å². The predicted molar refractivity (Wildman–Crippen MR) is 127 cm³/mol. The maximum atomic E-state index is 13.5. The first-order valence-electron chi connectivity index (χ1n) is 10.7. The Bertz CT molecular complexity index is 1310. The van der Waals surface area contributed by atoms with Crippen LogP contribution in [0.3, 0.4) is 0 Å². The number of non-ortho nitro benzene ring substituents is 1. The Balaban J connectivity index is 1.73. The zero-order chi connectivity index (χ0) is 25.4. The number of nitro benzene ring substituents is 1. The Morgan fingerprint density at radius 3 is 2.51 bits per heavy atom. The molecule has 0 spiro atoms. The summed E-state index contributed by atoms with van der Waals surface area (Å²) in [5.74, 6) is -4.01. The number of allylic oxidation sites excluding steroid dienone is 2. The fourth-order valence-electron chi connectivity index (χ4n) is 4.31. The van der Waals surface area contributed by atoms with E-state index in [9.17, 15) is 29.3 Å². The minimum absolute atomic E-state index is 0.0238. The van der Waals surface area contributed by atoms with Crippen LogP contribution in [0.15, 0.2) is 54.1 Å². The number of rotatable bonds is 6. The number of nitro groups is 1. The highest BCUT2D eigenvalue weighted by Crippen LogP contribution is 2.39. The van der Waals surface area contributed by atoms with E-state index >= 15 is 0 Å². The topological polar surface area (TPSA) is 118 Å². The maximum Gasteiger partial charge on any atom is 0.274 e. The number of ketones is 1. The quantitative estimate of drug-likeness (QED) is 0.184. The molecule has 35 heavy (non-hydrogen) atoms. The maximum absolute atomic E-state index is 13.5. The summed E-state index contributed by atoms with van der Waals surface area (Å²) < 4.78 is 0. The lowest BCUT2D eigenvalue weighted by Gasteiger charge is -2.30. The van der Waals surface area contributed by atoms with E-state index in [0.717, 1.165) is 21.7 Å². The number of amides is 3. The Labute approximate surface area is 210 Å². The molecule has 0 saturated carbocycles. The van der Waals surface area contributed by atoms with E-state index in [1.807, 2.05) is 13.0 Å². The monoisotopic (exact) mass is 515 g/mol. The molecule has 11 heteroatoms. The van der Waals surface area contributed by atoms with Crippen LogP contribution in [0.2, 0.25) is 10.0 Å². The Morgan fingerprint density at radius 1 is 1.11 bits per heavy atom. The molecule has 1 fully saturated rings. The van der Waals surface area contributed by atoms with Gasteiger partial charge in [-0.2, -0.15) is 5.01 Å². The summed E-state index contributed by atoms with van der Waals surface area (Å²) in [7, 11) is 0. The number of carbonyl (C=O) groups is 4. The molecule has 2 aromatic carbocycles. The predicted octanol–water partition coefficient (Wildman–Crippen LogP) is 4.48. The van der Waals surface area contributed by atoms with Crippen LogP contribution in [0.5, 0.6) is 0 Å². The molecule has 1 aliphatic heterocycles. The van der Waals surface area contributed by atoms with Crippen molar-refractivity contribution in [2.75, 3.05) is 6.54 Å². The largest absolute Gasteiger partial charge is 0.292 e. The second kappa shape index (κ2) is 9.59. The molecule has 9 nitrogen and oxygen atoms in total. The van der Waals surface area contributed by atoms with Crippen LogP contribution in [0.4, 0.5) is 5.69 Å². The van der Waals surface area contributed by atoms with Gasteiger partial charge >= 0.3 is 0 Å². The van der Waals surface area contributed by atoms with Gasteiger partial charge in [0.15, 0.2) is 5.78 Å². The lowest BCUT2D eigenvalue weighted by atomic mass is 9.82. The van der Waals surface area contributed by atoms with E-state index in [-0.39, 0.29) is 26.9 Å². The Kier molecular flexibility index (Phi) is 6.73. The minimum atomic E-state index is -0.851. The number of hydrogen-bond acceptors (Lipinski definition) is 6. The molecule has 0 N–H and O–H groups in total. The molecule has 0 aromatic heterocycles. The Morgan fingerprint density at radius 2 is 1.83 bits per heavy atom. The average Bonchev–Trinajstić information content (AvgIpc) is 3.06. The van der Waals surface area contributed by atoms with Crippen LogP contribution < -0.4 is 0 Å². The molecule has 0 unspecified atom stereocenters. The summed E-state index contributed by atoms with van der Waals surface area (Å²) in [6.45, 7) is 1.15. The summed E-state index contributed by atoms with van der Waals surface area (Å²) in [6.07, 6.45) is 2.60. The molecule has 1 saturated heterocycles. The number of benzene rings is 2. The van der Waals surface area contributed by atoms with Crippen molar-refractivity contribution < 1.29 is 24.1 Å². The van der Waals surface area contributed by atoms with Gasteiger partial charge in [0, 0.05) is 22.7 Å². The van der Waals surface area contributed by atoms with Crippen molar-refractivity contribution in [3.63, 3.8) is 0 Å². The molecule has 4 rings (SSSR count). The molecule has 2 atom stereocenters. The third-order valence-corrected chi connectivity index (χ3v) is 6.66. The molecular formula is C24H19Cl2N3O6. The fourth-order valence-corrected chi connectivity index (χ4v) is 4.80. The summed E-state index contributed by atoms with van der Waals surface area (Å²) in [4.78, 5) is 63.7. The summed E-state index contributed by atoms with van der Waals surface area (Å²) in [6, 6.07) is 9.07. The zero-order valence-electron chi connectivity index (χ0n) is 18.4. The number of nitrogens with zero attached hydrogens (tertiary/aromatic N) is 3. The van der Waals surface area contributed by atoms with Crippen LogP contribution in [0, 0.1) is 22.0 Å². The first-order chi connectivity index (χ1) is 16.6. The molecule has 180 valence electrons. The third kappa shape index (κ3) is 4.69. The standard InChI is InChI=1S/C24H19Cl2N3O6/c1-13-5-7-17-19(9-13)24(33)28(23(17)32)27(22(31)18-8-6-15(25)11-20(18)26)12-21(30)14-3-2-4-16(10-14)29(34)35/h2-6,8,10-11,17,19H,7,9,12H2,1H3/t17-,19-/m0/s1. The van der Waals surface area contributed by atoms with E-state index in [2.05, 4.69) is 0 Å². The van der Waals surface area contributed by atoms with Crippen LogP contribution in [0.1, 0.15) is 40.5 Å². The van der Waals surface area contributed by atoms with Gasteiger partial charge in [0.1, 0.15) is 6.54 Å². The highest BCUT2D eigenvalue weighted by Gasteiger charge is 2.52.